The van der Waals surface area contributed by atoms with Crippen molar-refractivity contribution in [2.45, 2.75) is 94.2 Å². The van der Waals surface area contributed by atoms with Gasteiger partial charge < -0.3 is 29.8 Å². The molecule has 0 saturated heterocycles. The molecule has 0 saturated carbocycles. The van der Waals surface area contributed by atoms with E-state index in [1.54, 1.807) is 61.5 Å². The molecule has 4 atom stereocenters. The number of nitrogens with two attached hydrogens (primary N) is 1. The highest BCUT2D eigenvalue weighted by Gasteiger charge is 2.37. The van der Waals surface area contributed by atoms with Crippen LogP contribution in [0.3, 0.4) is 0 Å². The molecule has 0 spiro atoms. The van der Waals surface area contributed by atoms with Gasteiger partial charge in [0, 0.05) is 11.8 Å². The van der Waals surface area contributed by atoms with E-state index in [4.69, 9.17) is 24.7 Å². The van der Waals surface area contributed by atoms with Gasteiger partial charge in [-0.25, -0.2) is 4.79 Å². The highest BCUT2D eigenvalue weighted by atomic mass is 16.7. The van der Waals surface area contributed by atoms with Crippen LogP contribution in [0.4, 0.5) is 4.79 Å². The van der Waals surface area contributed by atoms with Gasteiger partial charge in [-0.15, -0.1) is 0 Å². The maximum atomic E-state index is 12.7. The van der Waals surface area contributed by atoms with E-state index in [9.17, 15) is 24.3 Å². The highest BCUT2D eigenvalue weighted by molar-refractivity contribution is 5.81. The van der Waals surface area contributed by atoms with Gasteiger partial charge >= 0.3 is 24.1 Å². The first kappa shape index (κ1) is 33.9. The average Bonchev–Trinajstić information content (AvgIpc) is 2.77. The predicted molar refractivity (Wildman–Crippen MR) is 145 cm³/mol. The number of ether oxygens (including phenoxy) is 4. The number of esters is 2. The lowest BCUT2D eigenvalue weighted by atomic mass is 9.79. The molecule has 220 valence electrons. The standard InChI is InChI=1S/C29H45NO9/c1-16(17(2)37-26(35)36-15-27(3,4)5)21(22(30)23(31)32)18-12-13-19(38-24(33)28(6,7)8)20(14-18)39-25(34)29(9,10)11/h12-14,16-17,21-22H,15,30H2,1-11H3,(H,31,32)/t16?,17?,21?,22-/m0/s1. The molecule has 0 aliphatic heterocycles. The summed E-state index contributed by atoms with van der Waals surface area (Å²) in [6.07, 6.45) is -1.66. The highest BCUT2D eigenvalue weighted by Crippen LogP contribution is 2.38. The summed E-state index contributed by atoms with van der Waals surface area (Å²) >= 11 is 0. The molecule has 0 aromatic heterocycles. The van der Waals surface area contributed by atoms with Crippen LogP contribution in [0.5, 0.6) is 11.5 Å². The third kappa shape index (κ3) is 10.5. The van der Waals surface area contributed by atoms with Gasteiger partial charge in [-0.1, -0.05) is 33.8 Å². The summed E-state index contributed by atoms with van der Waals surface area (Å²) in [6, 6.07) is 3.02. The van der Waals surface area contributed by atoms with E-state index in [0.29, 0.717) is 5.56 Å². The smallest absolute Gasteiger partial charge is 0.480 e. The molecule has 1 aromatic rings. The molecule has 0 aliphatic rings. The van der Waals surface area contributed by atoms with Gasteiger partial charge in [0.1, 0.15) is 12.1 Å². The van der Waals surface area contributed by atoms with Crippen molar-refractivity contribution in [2.75, 3.05) is 6.61 Å². The van der Waals surface area contributed by atoms with Crippen molar-refractivity contribution in [3.05, 3.63) is 23.8 Å². The summed E-state index contributed by atoms with van der Waals surface area (Å²) in [7, 11) is 0. The van der Waals surface area contributed by atoms with Crippen molar-refractivity contribution in [1.29, 1.82) is 0 Å². The topological polar surface area (TPSA) is 151 Å². The van der Waals surface area contributed by atoms with Crippen LogP contribution in [0.1, 0.15) is 87.6 Å². The number of carboxylic acid groups (broad SMARTS) is 1. The molecule has 0 fully saturated rings. The molecule has 0 bridgehead atoms. The van der Waals surface area contributed by atoms with Crippen LogP contribution >= 0.6 is 0 Å². The number of rotatable bonds is 9. The first-order valence-electron chi connectivity index (χ1n) is 12.9. The Balaban J connectivity index is 3.48. The van der Waals surface area contributed by atoms with Crippen molar-refractivity contribution in [3.8, 4) is 11.5 Å². The zero-order valence-electron chi connectivity index (χ0n) is 25.0. The predicted octanol–water partition coefficient (Wildman–Crippen LogP) is 5.31. The van der Waals surface area contributed by atoms with E-state index in [-0.39, 0.29) is 23.5 Å². The minimum Gasteiger partial charge on any atom is -0.480 e. The molecule has 0 aliphatic carbocycles. The van der Waals surface area contributed by atoms with Crippen molar-refractivity contribution in [1.82, 2.24) is 0 Å². The van der Waals surface area contributed by atoms with Crippen LogP contribution in [0, 0.1) is 22.2 Å². The van der Waals surface area contributed by atoms with Gasteiger partial charge in [-0.3, -0.25) is 14.4 Å². The first-order chi connectivity index (χ1) is 17.5. The third-order valence-corrected chi connectivity index (χ3v) is 5.87. The maximum absolute atomic E-state index is 12.7. The summed E-state index contributed by atoms with van der Waals surface area (Å²) in [5, 5.41) is 9.77. The molecule has 10 nitrogen and oxygen atoms in total. The monoisotopic (exact) mass is 551 g/mol. The average molecular weight is 552 g/mol. The fourth-order valence-corrected chi connectivity index (χ4v) is 3.25. The molecule has 10 heteroatoms. The zero-order chi connectivity index (χ0) is 30.5. The van der Waals surface area contributed by atoms with Crippen LogP contribution in [0.2, 0.25) is 0 Å². The van der Waals surface area contributed by atoms with Crippen LogP contribution in [-0.2, 0) is 23.9 Å². The summed E-state index contributed by atoms with van der Waals surface area (Å²) < 4.78 is 21.8. The second-order valence-electron chi connectivity index (χ2n) is 13.2. The lowest BCUT2D eigenvalue weighted by Crippen LogP contribution is -2.42. The van der Waals surface area contributed by atoms with E-state index in [1.165, 1.54) is 12.1 Å². The number of benzene rings is 1. The molecule has 1 rings (SSSR count). The zero-order valence-corrected chi connectivity index (χ0v) is 25.0. The number of carboxylic acids is 1. The van der Waals surface area contributed by atoms with Gasteiger partial charge in [0.2, 0.25) is 0 Å². The van der Waals surface area contributed by atoms with Crippen molar-refractivity contribution < 1.29 is 43.2 Å². The summed E-state index contributed by atoms with van der Waals surface area (Å²) in [5.74, 6) is -3.95. The van der Waals surface area contributed by atoms with Gasteiger partial charge in [-0.2, -0.15) is 0 Å². The van der Waals surface area contributed by atoms with E-state index in [2.05, 4.69) is 0 Å². The molecule has 1 aromatic carbocycles. The van der Waals surface area contributed by atoms with Crippen LogP contribution < -0.4 is 15.2 Å². The van der Waals surface area contributed by atoms with Crippen molar-refractivity contribution in [3.63, 3.8) is 0 Å². The quantitative estimate of drug-likeness (QED) is 0.305. The number of hydrogen-bond donors (Lipinski definition) is 2. The van der Waals surface area contributed by atoms with Crippen LogP contribution in [0.15, 0.2) is 18.2 Å². The van der Waals surface area contributed by atoms with Gasteiger partial charge in [0.15, 0.2) is 11.5 Å². The van der Waals surface area contributed by atoms with Crippen LogP contribution in [0.25, 0.3) is 0 Å². The molecule has 3 unspecified atom stereocenters. The second-order valence-corrected chi connectivity index (χ2v) is 13.2. The summed E-state index contributed by atoms with van der Waals surface area (Å²) in [5.41, 5.74) is 4.53. The number of hydrogen-bond acceptors (Lipinski definition) is 9. The number of aliphatic carboxylic acids is 1. The third-order valence-electron chi connectivity index (χ3n) is 5.87. The molecular formula is C29H45NO9. The molecule has 0 amide bonds. The second kappa shape index (κ2) is 12.8. The number of carbonyl (C=O) groups excluding carboxylic acids is 3. The normalized spacial score (nSPS) is 15.4. The fraction of sp³-hybridized carbons (Fsp3) is 0.655. The Morgan fingerprint density at radius 3 is 1.77 bits per heavy atom. The van der Waals surface area contributed by atoms with Crippen molar-refractivity contribution in [2.24, 2.45) is 27.9 Å². The minimum atomic E-state index is -1.40. The van der Waals surface area contributed by atoms with Gasteiger partial charge in [0.25, 0.3) is 0 Å². The number of carbonyl (C=O) groups is 4. The fourth-order valence-electron chi connectivity index (χ4n) is 3.25. The maximum Gasteiger partial charge on any atom is 0.508 e. The van der Waals surface area contributed by atoms with E-state index < -0.39 is 58.9 Å². The van der Waals surface area contributed by atoms with E-state index >= 15 is 0 Å². The Hall–Kier alpha value is -3.14. The molecule has 0 heterocycles. The molecule has 3 N–H and O–H groups in total. The summed E-state index contributed by atoms with van der Waals surface area (Å²) in [6.45, 7) is 19.2. The first-order valence-corrected chi connectivity index (χ1v) is 12.9. The Bertz CT molecular complexity index is 1040. The lowest BCUT2D eigenvalue weighted by Gasteiger charge is -2.32. The lowest BCUT2D eigenvalue weighted by molar-refractivity contribution is -0.145. The molecule has 39 heavy (non-hydrogen) atoms. The Morgan fingerprint density at radius 2 is 1.33 bits per heavy atom. The summed E-state index contributed by atoms with van der Waals surface area (Å²) in [4.78, 5) is 49.6. The van der Waals surface area contributed by atoms with E-state index in [1.807, 2.05) is 20.8 Å². The molecular weight excluding hydrogens is 506 g/mol. The Morgan fingerprint density at radius 1 is 0.846 bits per heavy atom. The van der Waals surface area contributed by atoms with Crippen molar-refractivity contribution >= 4 is 24.1 Å². The van der Waals surface area contributed by atoms with Gasteiger partial charge in [0.05, 0.1) is 17.4 Å². The Labute approximate surface area is 231 Å². The Kier molecular flexibility index (Phi) is 11.1. The van der Waals surface area contributed by atoms with E-state index in [0.717, 1.165) is 0 Å². The largest absolute Gasteiger partial charge is 0.508 e. The van der Waals surface area contributed by atoms with Gasteiger partial charge in [-0.05, 0) is 71.6 Å². The minimum absolute atomic E-state index is 0.00151. The SMILES string of the molecule is CC(OC(=O)OCC(C)(C)C)C(C)C(c1ccc(OC(=O)C(C)(C)C)c(OC(=O)C(C)(C)C)c1)[C@H](N)C(=O)O. The molecule has 0 radical (unpaired) electrons. The van der Waals surface area contributed by atoms with Crippen LogP contribution in [-0.4, -0.2) is 47.9 Å².